The number of nitrogen functional groups attached to an aromatic ring is 1. The van der Waals surface area contributed by atoms with Gasteiger partial charge in [0.15, 0.2) is 0 Å². The SMILES string of the molecule is CCC(CC1CC1)NS(=O)(=O)c1cc(N)c(Br)cc1C. The maximum absolute atomic E-state index is 12.5. The number of rotatable bonds is 6. The van der Waals surface area contributed by atoms with Gasteiger partial charge in [-0.3, -0.25) is 0 Å². The first-order valence-corrected chi connectivity index (χ1v) is 9.19. The molecule has 3 N–H and O–H groups in total. The van der Waals surface area contributed by atoms with E-state index in [0.29, 0.717) is 17.2 Å². The Kier molecular flexibility index (Phi) is 4.76. The number of benzene rings is 1. The van der Waals surface area contributed by atoms with E-state index in [1.165, 1.54) is 18.9 Å². The van der Waals surface area contributed by atoms with E-state index >= 15 is 0 Å². The number of hydrogen-bond donors (Lipinski definition) is 2. The maximum Gasteiger partial charge on any atom is 0.241 e. The molecule has 0 bridgehead atoms. The largest absolute Gasteiger partial charge is 0.398 e. The highest BCUT2D eigenvalue weighted by Gasteiger charge is 2.28. The Hall–Kier alpha value is -0.590. The minimum Gasteiger partial charge on any atom is -0.398 e. The van der Waals surface area contributed by atoms with Gasteiger partial charge in [-0.25, -0.2) is 13.1 Å². The molecule has 1 aromatic carbocycles. The standard InChI is InChI=1S/C14H21BrN2O2S/c1-3-11(7-10-4-5-10)17-20(18,19)14-8-13(16)12(15)6-9(14)2/h6,8,10-11,17H,3-5,7,16H2,1-2H3. The van der Waals surface area contributed by atoms with Crippen molar-refractivity contribution < 1.29 is 8.42 Å². The Balaban J connectivity index is 2.22. The zero-order valence-corrected chi connectivity index (χ0v) is 14.2. The number of hydrogen-bond acceptors (Lipinski definition) is 3. The Bertz CT molecular complexity index is 597. The second-order valence-corrected chi connectivity index (χ2v) is 8.08. The third-order valence-electron chi connectivity index (χ3n) is 3.71. The molecule has 1 aliphatic carbocycles. The van der Waals surface area contributed by atoms with Crippen molar-refractivity contribution >= 4 is 31.6 Å². The van der Waals surface area contributed by atoms with Crippen molar-refractivity contribution in [1.82, 2.24) is 4.72 Å². The first kappa shape index (κ1) is 15.8. The average molecular weight is 361 g/mol. The van der Waals surface area contributed by atoms with Gasteiger partial charge >= 0.3 is 0 Å². The Morgan fingerprint density at radius 2 is 2.10 bits per heavy atom. The second-order valence-electron chi connectivity index (χ2n) is 5.54. The molecular weight excluding hydrogens is 340 g/mol. The van der Waals surface area contributed by atoms with Crippen LogP contribution in [0, 0.1) is 12.8 Å². The Labute approximate surface area is 129 Å². The molecule has 1 aromatic rings. The average Bonchev–Trinajstić information content (AvgIpc) is 3.16. The molecule has 1 atom stereocenters. The molecular formula is C14H21BrN2O2S. The van der Waals surface area contributed by atoms with Crippen molar-refractivity contribution in [2.45, 2.75) is 50.5 Å². The highest BCUT2D eigenvalue weighted by atomic mass is 79.9. The molecule has 0 spiro atoms. The van der Waals surface area contributed by atoms with E-state index in [9.17, 15) is 8.42 Å². The lowest BCUT2D eigenvalue weighted by Crippen LogP contribution is -2.35. The Morgan fingerprint density at radius 3 is 2.65 bits per heavy atom. The molecule has 0 amide bonds. The van der Waals surface area contributed by atoms with Crippen LogP contribution < -0.4 is 10.5 Å². The van der Waals surface area contributed by atoms with Crippen molar-refractivity contribution in [3.05, 3.63) is 22.2 Å². The van der Waals surface area contributed by atoms with Crippen molar-refractivity contribution in [1.29, 1.82) is 0 Å². The van der Waals surface area contributed by atoms with Crippen LogP contribution in [0.1, 0.15) is 38.2 Å². The van der Waals surface area contributed by atoms with Crippen LogP contribution in [-0.2, 0) is 10.0 Å². The molecule has 112 valence electrons. The maximum atomic E-state index is 12.5. The van der Waals surface area contributed by atoms with Crippen molar-refractivity contribution in [2.75, 3.05) is 5.73 Å². The third-order valence-corrected chi connectivity index (χ3v) is 6.06. The molecule has 0 saturated heterocycles. The Morgan fingerprint density at radius 1 is 1.45 bits per heavy atom. The summed E-state index contributed by atoms with van der Waals surface area (Å²) in [5.74, 6) is 0.693. The van der Waals surface area contributed by atoms with Gasteiger partial charge in [0.2, 0.25) is 10.0 Å². The zero-order valence-electron chi connectivity index (χ0n) is 11.8. The number of nitrogens with one attached hydrogen (secondary N) is 1. The smallest absolute Gasteiger partial charge is 0.241 e. The fourth-order valence-corrected chi connectivity index (χ4v) is 4.35. The lowest BCUT2D eigenvalue weighted by molar-refractivity contribution is 0.495. The summed E-state index contributed by atoms with van der Waals surface area (Å²) < 4.78 is 28.6. The summed E-state index contributed by atoms with van der Waals surface area (Å²) in [6, 6.07) is 3.27. The topological polar surface area (TPSA) is 72.2 Å². The molecule has 0 heterocycles. The van der Waals surface area contributed by atoms with Crippen LogP contribution in [0.25, 0.3) is 0 Å². The predicted molar refractivity (Wildman–Crippen MR) is 85.0 cm³/mol. The molecule has 20 heavy (non-hydrogen) atoms. The minimum atomic E-state index is -3.51. The number of sulfonamides is 1. The van der Waals surface area contributed by atoms with E-state index in [-0.39, 0.29) is 10.9 Å². The summed E-state index contributed by atoms with van der Waals surface area (Å²) in [5, 5.41) is 0. The minimum absolute atomic E-state index is 0.0109. The zero-order chi connectivity index (χ0) is 14.9. The molecule has 4 nitrogen and oxygen atoms in total. The first-order valence-electron chi connectivity index (χ1n) is 6.91. The van der Waals surface area contributed by atoms with Gasteiger partial charge in [-0.1, -0.05) is 19.8 Å². The lowest BCUT2D eigenvalue weighted by Gasteiger charge is -2.18. The summed E-state index contributed by atoms with van der Waals surface area (Å²) in [4.78, 5) is 0.271. The summed E-state index contributed by atoms with van der Waals surface area (Å²) in [6.07, 6.45) is 4.19. The van der Waals surface area contributed by atoms with E-state index in [0.717, 1.165) is 17.3 Å². The third kappa shape index (κ3) is 3.74. The van der Waals surface area contributed by atoms with Crippen molar-refractivity contribution in [3.63, 3.8) is 0 Å². The fourth-order valence-electron chi connectivity index (χ4n) is 2.30. The highest BCUT2D eigenvalue weighted by molar-refractivity contribution is 9.10. The van der Waals surface area contributed by atoms with Gasteiger partial charge in [0.25, 0.3) is 0 Å². The van der Waals surface area contributed by atoms with Crippen LogP contribution >= 0.6 is 15.9 Å². The predicted octanol–water partition coefficient (Wildman–Crippen LogP) is 3.20. The number of halogens is 1. The van der Waals surface area contributed by atoms with Gasteiger partial charge in [0.05, 0.1) is 4.90 Å². The van der Waals surface area contributed by atoms with Crippen LogP contribution in [-0.4, -0.2) is 14.5 Å². The molecule has 0 aromatic heterocycles. The summed E-state index contributed by atoms with van der Waals surface area (Å²) >= 11 is 3.31. The molecule has 1 aliphatic rings. The van der Waals surface area contributed by atoms with Crippen molar-refractivity contribution in [2.24, 2.45) is 5.92 Å². The quantitative estimate of drug-likeness (QED) is 0.765. The number of aryl methyl sites for hydroxylation is 1. The molecule has 6 heteroatoms. The van der Waals surface area contributed by atoms with Gasteiger partial charge in [-0.2, -0.15) is 0 Å². The van der Waals surface area contributed by atoms with Crippen LogP contribution in [0.5, 0.6) is 0 Å². The summed E-state index contributed by atoms with van der Waals surface area (Å²) in [5.41, 5.74) is 6.93. The van der Waals surface area contributed by atoms with Crippen LogP contribution in [0.4, 0.5) is 5.69 Å². The number of nitrogens with two attached hydrogens (primary N) is 1. The second kappa shape index (κ2) is 6.03. The summed E-state index contributed by atoms with van der Waals surface area (Å²) in [7, 11) is -3.51. The van der Waals surface area contributed by atoms with Gasteiger partial charge in [0.1, 0.15) is 0 Å². The van der Waals surface area contributed by atoms with Crippen LogP contribution in [0.2, 0.25) is 0 Å². The van der Waals surface area contributed by atoms with E-state index < -0.39 is 10.0 Å². The van der Waals surface area contributed by atoms with Gasteiger partial charge in [0, 0.05) is 16.2 Å². The normalized spacial score (nSPS) is 17.1. The fraction of sp³-hybridized carbons (Fsp3) is 0.571. The highest BCUT2D eigenvalue weighted by Crippen LogP contribution is 2.34. The van der Waals surface area contributed by atoms with E-state index in [2.05, 4.69) is 20.7 Å². The van der Waals surface area contributed by atoms with Gasteiger partial charge in [-0.05, 0) is 59.3 Å². The van der Waals surface area contributed by atoms with Crippen molar-refractivity contribution in [3.8, 4) is 0 Å². The number of anilines is 1. The molecule has 2 rings (SSSR count). The van der Waals surface area contributed by atoms with Crippen LogP contribution in [0.15, 0.2) is 21.5 Å². The van der Waals surface area contributed by atoms with Gasteiger partial charge < -0.3 is 5.73 Å². The van der Waals surface area contributed by atoms with Crippen LogP contribution in [0.3, 0.4) is 0 Å². The first-order chi connectivity index (χ1) is 9.33. The molecule has 1 fully saturated rings. The summed E-state index contributed by atoms with van der Waals surface area (Å²) in [6.45, 7) is 3.79. The van der Waals surface area contributed by atoms with E-state index in [4.69, 9.17) is 5.73 Å². The molecule has 1 saturated carbocycles. The van der Waals surface area contributed by atoms with E-state index in [1.807, 2.05) is 6.92 Å². The van der Waals surface area contributed by atoms with Gasteiger partial charge in [-0.15, -0.1) is 0 Å². The molecule has 1 unspecified atom stereocenters. The lowest BCUT2D eigenvalue weighted by atomic mass is 10.1. The molecule has 0 radical (unpaired) electrons. The molecule has 0 aliphatic heterocycles. The monoisotopic (exact) mass is 360 g/mol. The van der Waals surface area contributed by atoms with E-state index in [1.54, 1.807) is 13.0 Å².